The fourth-order valence-electron chi connectivity index (χ4n) is 3.61. The number of carbonyl (C=O) groups is 1. The van der Waals surface area contributed by atoms with Gasteiger partial charge in [-0.05, 0) is 31.2 Å². The average Bonchev–Trinajstić information content (AvgIpc) is 2.78. The van der Waals surface area contributed by atoms with Crippen LogP contribution >= 0.6 is 35.6 Å². The van der Waals surface area contributed by atoms with Crippen LogP contribution in [-0.2, 0) is 9.53 Å². The molecular formula is C21H34ClIN6O2. The van der Waals surface area contributed by atoms with E-state index in [-0.39, 0.29) is 36.4 Å². The van der Waals surface area contributed by atoms with E-state index in [1.165, 1.54) is 0 Å². The van der Waals surface area contributed by atoms with Crippen LogP contribution in [0.2, 0.25) is 5.02 Å². The predicted octanol–water partition coefficient (Wildman–Crippen LogP) is 1.49. The number of benzene rings is 1. The maximum atomic E-state index is 12.6. The molecule has 0 unspecified atom stereocenters. The van der Waals surface area contributed by atoms with E-state index in [2.05, 4.69) is 25.4 Å². The minimum atomic E-state index is 0. The summed E-state index contributed by atoms with van der Waals surface area (Å²) in [5.74, 6) is 0.759. The van der Waals surface area contributed by atoms with Gasteiger partial charge in [0.05, 0.1) is 13.2 Å². The molecule has 0 atom stereocenters. The van der Waals surface area contributed by atoms with Crippen molar-refractivity contribution < 1.29 is 9.53 Å². The minimum Gasteiger partial charge on any atom is -0.379 e. The smallest absolute Gasteiger partial charge is 0.244 e. The summed E-state index contributed by atoms with van der Waals surface area (Å²) in [6.45, 7) is 11.3. The quantitative estimate of drug-likeness (QED) is 0.297. The zero-order chi connectivity index (χ0) is 21.2. The monoisotopic (exact) mass is 564 g/mol. The number of piperazine rings is 1. The van der Waals surface area contributed by atoms with Gasteiger partial charge >= 0.3 is 0 Å². The summed E-state index contributed by atoms with van der Waals surface area (Å²) < 4.78 is 5.38. The molecule has 2 aliphatic rings. The molecule has 10 heteroatoms. The molecule has 0 saturated carbocycles. The Morgan fingerprint density at radius 1 is 1.06 bits per heavy atom. The fraction of sp³-hybridized carbons (Fsp3) is 0.619. The van der Waals surface area contributed by atoms with E-state index in [1.54, 1.807) is 0 Å². The van der Waals surface area contributed by atoms with Gasteiger partial charge in [-0.1, -0.05) is 11.6 Å². The van der Waals surface area contributed by atoms with Crippen LogP contribution in [0.4, 0.5) is 5.69 Å². The van der Waals surface area contributed by atoms with Crippen LogP contribution < -0.4 is 15.5 Å². The number of rotatable bonds is 7. The third kappa shape index (κ3) is 8.63. The Kier molecular flexibility index (Phi) is 11.7. The normalized spacial score (nSPS) is 17.8. The van der Waals surface area contributed by atoms with Crippen LogP contribution in [0.1, 0.15) is 6.92 Å². The first-order valence-electron chi connectivity index (χ1n) is 10.8. The predicted molar refractivity (Wildman–Crippen MR) is 137 cm³/mol. The van der Waals surface area contributed by atoms with Gasteiger partial charge in [-0.25, -0.2) is 4.99 Å². The molecular weight excluding hydrogens is 531 g/mol. The number of guanidine groups is 1. The van der Waals surface area contributed by atoms with Gasteiger partial charge in [0.15, 0.2) is 5.96 Å². The number of amides is 1. The van der Waals surface area contributed by atoms with Crippen molar-refractivity contribution >= 4 is 53.1 Å². The van der Waals surface area contributed by atoms with Crippen LogP contribution in [0.5, 0.6) is 0 Å². The Bertz CT molecular complexity index is 692. The van der Waals surface area contributed by atoms with Crippen LogP contribution in [0, 0.1) is 0 Å². The molecule has 0 aliphatic carbocycles. The molecule has 174 valence electrons. The molecule has 0 bridgehead atoms. The van der Waals surface area contributed by atoms with Gasteiger partial charge in [0.25, 0.3) is 0 Å². The molecule has 2 fully saturated rings. The minimum absolute atomic E-state index is 0. The lowest BCUT2D eigenvalue weighted by atomic mass is 10.2. The molecule has 3 rings (SSSR count). The second kappa shape index (κ2) is 14.0. The Hall–Kier alpha value is -1.30. The summed E-state index contributed by atoms with van der Waals surface area (Å²) in [6, 6.07) is 7.85. The topological polar surface area (TPSA) is 72.4 Å². The van der Waals surface area contributed by atoms with Gasteiger partial charge in [-0.3, -0.25) is 9.69 Å². The van der Waals surface area contributed by atoms with Crippen LogP contribution in [0.3, 0.4) is 0 Å². The van der Waals surface area contributed by atoms with Gasteiger partial charge in [-0.15, -0.1) is 24.0 Å². The van der Waals surface area contributed by atoms with Crippen molar-refractivity contribution in [3.8, 4) is 0 Å². The van der Waals surface area contributed by atoms with Gasteiger partial charge < -0.3 is 25.2 Å². The lowest BCUT2D eigenvalue weighted by molar-refractivity contribution is -0.129. The van der Waals surface area contributed by atoms with Crippen molar-refractivity contribution in [1.82, 2.24) is 20.4 Å². The Morgan fingerprint density at radius 2 is 1.74 bits per heavy atom. The molecule has 0 radical (unpaired) electrons. The number of carbonyl (C=O) groups excluding carboxylic acids is 1. The van der Waals surface area contributed by atoms with Gasteiger partial charge in [0.2, 0.25) is 5.91 Å². The van der Waals surface area contributed by atoms with E-state index in [9.17, 15) is 4.79 Å². The number of ether oxygens (including phenoxy) is 1. The van der Waals surface area contributed by atoms with Crippen molar-refractivity contribution in [1.29, 1.82) is 0 Å². The van der Waals surface area contributed by atoms with Crippen molar-refractivity contribution in [2.75, 3.05) is 83.6 Å². The molecule has 1 aromatic rings. The first-order valence-corrected chi connectivity index (χ1v) is 11.1. The van der Waals surface area contributed by atoms with Gasteiger partial charge in [-0.2, -0.15) is 0 Å². The van der Waals surface area contributed by atoms with Crippen LogP contribution in [-0.4, -0.2) is 100 Å². The number of hydrogen-bond acceptors (Lipinski definition) is 5. The SMILES string of the molecule is CCNC(=NCC(=O)N1CCN(c2ccc(Cl)cc2)CC1)NCCN1CCOCC1.I. The molecule has 2 saturated heterocycles. The number of nitrogens with zero attached hydrogens (tertiary/aromatic N) is 4. The number of anilines is 1. The third-order valence-corrected chi connectivity index (χ3v) is 5.62. The highest BCUT2D eigenvalue weighted by molar-refractivity contribution is 14.0. The zero-order valence-corrected chi connectivity index (χ0v) is 21.3. The number of halogens is 2. The fourth-order valence-corrected chi connectivity index (χ4v) is 3.74. The maximum absolute atomic E-state index is 12.6. The molecule has 1 amide bonds. The lowest BCUT2D eigenvalue weighted by Gasteiger charge is -2.36. The van der Waals surface area contributed by atoms with Crippen LogP contribution in [0.25, 0.3) is 0 Å². The highest BCUT2D eigenvalue weighted by Gasteiger charge is 2.21. The van der Waals surface area contributed by atoms with Crippen molar-refractivity contribution in [2.45, 2.75) is 6.92 Å². The molecule has 1 aromatic carbocycles. The Balaban J connectivity index is 0.00000341. The summed E-state index contributed by atoms with van der Waals surface area (Å²) in [5.41, 5.74) is 1.14. The van der Waals surface area contributed by atoms with Crippen LogP contribution in [0.15, 0.2) is 29.3 Å². The highest BCUT2D eigenvalue weighted by atomic mass is 127. The summed E-state index contributed by atoms with van der Waals surface area (Å²) in [6.07, 6.45) is 0. The van der Waals surface area contributed by atoms with Crippen molar-refractivity contribution in [2.24, 2.45) is 4.99 Å². The number of hydrogen-bond donors (Lipinski definition) is 2. The molecule has 2 N–H and O–H groups in total. The largest absolute Gasteiger partial charge is 0.379 e. The summed E-state index contributed by atoms with van der Waals surface area (Å²) >= 11 is 5.97. The van der Waals surface area contributed by atoms with E-state index < -0.39 is 0 Å². The van der Waals surface area contributed by atoms with Gasteiger partial charge in [0.1, 0.15) is 6.54 Å². The van der Waals surface area contributed by atoms with Gasteiger partial charge in [0, 0.05) is 69.6 Å². The molecule has 0 aromatic heterocycles. The summed E-state index contributed by atoms with van der Waals surface area (Å²) in [5, 5.41) is 7.28. The van der Waals surface area contributed by atoms with Crippen molar-refractivity contribution in [3.63, 3.8) is 0 Å². The number of aliphatic imine (C=N–C) groups is 1. The zero-order valence-electron chi connectivity index (χ0n) is 18.2. The molecule has 0 spiro atoms. The molecule has 2 heterocycles. The number of nitrogens with one attached hydrogen (secondary N) is 2. The molecule has 2 aliphatic heterocycles. The van der Waals surface area contributed by atoms with E-state index in [1.807, 2.05) is 36.1 Å². The first kappa shape index (κ1) is 26.0. The second-order valence-corrected chi connectivity index (χ2v) is 7.86. The molecule has 31 heavy (non-hydrogen) atoms. The lowest BCUT2D eigenvalue weighted by Crippen LogP contribution is -2.50. The summed E-state index contributed by atoms with van der Waals surface area (Å²) in [7, 11) is 0. The maximum Gasteiger partial charge on any atom is 0.244 e. The third-order valence-electron chi connectivity index (χ3n) is 5.36. The summed E-state index contributed by atoms with van der Waals surface area (Å²) in [4.78, 5) is 23.7. The number of morpholine rings is 1. The average molecular weight is 565 g/mol. The second-order valence-electron chi connectivity index (χ2n) is 7.42. The highest BCUT2D eigenvalue weighted by Crippen LogP contribution is 2.19. The standard InChI is InChI=1S/C21H33ClN6O2.HI/c1-2-23-21(24-7-8-26-13-15-30-16-14-26)25-17-20(29)28-11-9-27(10-12-28)19-5-3-18(22)4-6-19;/h3-6H,2,7-17H2,1H3,(H2,23,24,25);1H. The van der Waals surface area contributed by atoms with E-state index in [4.69, 9.17) is 16.3 Å². The van der Waals surface area contributed by atoms with E-state index in [0.717, 1.165) is 69.7 Å². The van der Waals surface area contributed by atoms with Crippen molar-refractivity contribution in [3.05, 3.63) is 29.3 Å². The van der Waals surface area contributed by atoms with E-state index in [0.29, 0.717) is 19.0 Å². The Morgan fingerprint density at radius 3 is 2.39 bits per heavy atom. The molecule has 8 nitrogen and oxygen atoms in total. The first-order chi connectivity index (χ1) is 14.7. The van der Waals surface area contributed by atoms with E-state index >= 15 is 0 Å². The Labute approximate surface area is 207 Å².